The molecular formula is C14H25F. The molecule has 0 aromatic rings. The van der Waals surface area contributed by atoms with Crippen LogP contribution >= 0.6 is 0 Å². The molecule has 0 saturated carbocycles. The van der Waals surface area contributed by atoms with Crippen molar-refractivity contribution in [2.75, 3.05) is 0 Å². The SMILES string of the molecule is CC=CC(=CCC)C(F)(CCC)CCC. The lowest BCUT2D eigenvalue weighted by molar-refractivity contribution is 0.183. The molecule has 0 aliphatic carbocycles. The fraction of sp³-hybridized carbons (Fsp3) is 0.714. The van der Waals surface area contributed by atoms with Crippen LogP contribution in [0, 0.1) is 0 Å². The van der Waals surface area contributed by atoms with Gasteiger partial charge in [0.05, 0.1) is 0 Å². The van der Waals surface area contributed by atoms with Crippen molar-refractivity contribution in [1.29, 1.82) is 0 Å². The van der Waals surface area contributed by atoms with E-state index >= 15 is 0 Å². The third-order valence-electron chi connectivity index (χ3n) is 2.58. The molecule has 0 amide bonds. The Morgan fingerprint density at radius 3 is 2.00 bits per heavy atom. The third kappa shape index (κ3) is 4.63. The first-order valence-electron chi connectivity index (χ1n) is 6.16. The Morgan fingerprint density at radius 1 is 1.13 bits per heavy atom. The molecule has 0 aromatic carbocycles. The van der Waals surface area contributed by atoms with Crippen LogP contribution in [0.15, 0.2) is 23.8 Å². The fourth-order valence-electron chi connectivity index (χ4n) is 2.01. The molecule has 0 aliphatic heterocycles. The first kappa shape index (κ1) is 14.4. The molecule has 0 N–H and O–H groups in total. The van der Waals surface area contributed by atoms with Gasteiger partial charge in [0.25, 0.3) is 0 Å². The van der Waals surface area contributed by atoms with Crippen molar-refractivity contribution in [3.05, 3.63) is 23.8 Å². The maximum atomic E-state index is 14.7. The Bertz CT molecular complexity index is 207. The van der Waals surface area contributed by atoms with Crippen molar-refractivity contribution in [2.24, 2.45) is 0 Å². The molecule has 1 heteroatoms. The summed E-state index contributed by atoms with van der Waals surface area (Å²) in [5, 5.41) is 0. The lowest BCUT2D eigenvalue weighted by Crippen LogP contribution is -2.24. The molecule has 0 fully saturated rings. The largest absolute Gasteiger partial charge is 0.239 e. The zero-order valence-electron chi connectivity index (χ0n) is 10.6. The number of rotatable bonds is 7. The lowest BCUT2D eigenvalue weighted by Gasteiger charge is -2.26. The first-order valence-corrected chi connectivity index (χ1v) is 6.16. The highest BCUT2D eigenvalue weighted by Crippen LogP contribution is 2.33. The molecule has 0 aliphatic rings. The molecule has 0 unspecified atom stereocenters. The van der Waals surface area contributed by atoms with E-state index in [1.165, 1.54) is 0 Å². The van der Waals surface area contributed by atoms with Crippen LogP contribution in [-0.4, -0.2) is 5.67 Å². The monoisotopic (exact) mass is 212 g/mol. The van der Waals surface area contributed by atoms with Crippen LogP contribution in [0.2, 0.25) is 0 Å². The van der Waals surface area contributed by atoms with E-state index in [-0.39, 0.29) is 0 Å². The number of allylic oxidation sites excluding steroid dienone is 4. The number of alkyl halides is 1. The van der Waals surface area contributed by atoms with E-state index in [1.54, 1.807) is 0 Å². The van der Waals surface area contributed by atoms with Crippen LogP contribution in [0.1, 0.15) is 59.8 Å². The smallest absolute Gasteiger partial charge is 0.135 e. The molecule has 0 atom stereocenters. The van der Waals surface area contributed by atoms with Gasteiger partial charge in [-0.2, -0.15) is 0 Å². The van der Waals surface area contributed by atoms with E-state index in [4.69, 9.17) is 0 Å². The van der Waals surface area contributed by atoms with Crippen LogP contribution in [0.3, 0.4) is 0 Å². The van der Waals surface area contributed by atoms with Gasteiger partial charge < -0.3 is 0 Å². The predicted molar refractivity (Wildman–Crippen MR) is 66.8 cm³/mol. The first-order chi connectivity index (χ1) is 7.14. The average Bonchev–Trinajstić information content (AvgIpc) is 2.18. The molecule has 0 aromatic heterocycles. The summed E-state index contributed by atoms with van der Waals surface area (Å²) in [5.74, 6) is 0. The zero-order valence-corrected chi connectivity index (χ0v) is 10.6. The van der Waals surface area contributed by atoms with Gasteiger partial charge in [-0.3, -0.25) is 0 Å². The molecule has 0 spiro atoms. The fourth-order valence-corrected chi connectivity index (χ4v) is 2.01. The molecule has 88 valence electrons. The zero-order chi connectivity index (χ0) is 11.7. The Balaban J connectivity index is 4.89. The van der Waals surface area contributed by atoms with Crippen molar-refractivity contribution in [1.82, 2.24) is 0 Å². The van der Waals surface area contributed by atoms with Crippen LogP contribution in [0.5, 0.6) is 0 Å². The van der Waals surface area contributed by atoms with Crippen LogP contribution in [0.25, 0.3) is 0 Å². The molecule has 0 radical (unpaired) electrons. The minimum atomic E-state index is -1.11. The molecule has 0 nitrogen and oxygen atoms in total. The maximum absolute atomic E-state index is 14.7. The number of halogens is 1. The lowest BCUT2D eigenvalue weighted by atomic mass is 9.86. The molecule has 0 rings (SSSR count). The van der Waals surface area contributed by atoms with Gasteiger partial charge in [-0.25, -0.2) is 4.39 Å². The number of hydrogen-bond acceptors (Lipinski definition) is 0. The van der Waals surface area contributed by atoms with Gasteiger partial charge in [-0.1, -0.05) is 51.8 Å². The second-order valence-corrected chi connectivity index (χ2v) is 4.03. The summed E-state index contributed by atoms with van der Waals surface area (Å²) in [6.45, 7) is 8.09. The van der Waals surface area contributed by atoms with Crippen molar-refractivity contribution in [3.8, 4) is 0 Å². The van der Waals surface area contributed by atoms with E-state index in [0.717, 1.165) is 24.8 Å². The Kier molecular flexibility index (Phi) is 7.37. The third-order valence-corrected chi connectivity index (χ3v) is 2.58. The topological polar surface area (TPSA) is 0 Å². The number of hydrogen-bond donors (Lipinski definition) is 0. The van der Waals surface area contributed by atoms with Gasteiger partial charge in [0.1, 0.15) is 5.67 Å². The maximum Gasteiger partial charge on any atom is 0.135 e. The quantitative estimate of drug-likeness (QED) is 0.508. The summed E-state index contributed by atoms with van der Waals surface area (Å²) in [6, 6.07) is 0. The van der Waals surface area contributed by atoms with E-state index in [2.05, 4.69) is 6.92 Å². The summed E-state index contributed by atoms with van der Waals surface area (Å²) < 4.78 is 14.7. The molecule has 0 saturated heterocycles. The van der Waals surface area contributed by atoms with Gasteiger partial charge >= 0.3 is 0 Å². The minimum Gasteiger partial charge on any atom is -0.239 e. The highest BCUT2D eigenvalue weighted by atomic mass is 19.1. The van der Waals surface area contributed by atoms with E-state index in [1.807, 2.05) is 39.0 Å². The van der Waals surface area contributed by atoms with Crippen molar-refractivity contribution in [2.45, 2.75) is 65.5 Å². The summed E-state index contributed by atoms with van der Waals surface area (Å²) in [4.78, 5) is 0. The van der Waals surface area contributed by atoms with Crippen molar-refractivity contribution < 1.29 is 4.39 Å². The normalized spacial score (nSPS) is 13.8. The molecule has 15 heavy (non-hydrogen) atoms. The summed E-state index contributed by atoms with van der Waals surface area (Å²) in [6.07, 6.45) is 9.85. The highest BCUT2D eigenvalue weighted by Gasteiger charge is 2.30. The predicted octanol–water partition coefficient (Wildman–Crippen LogP) is 5.21. The summed E-state index contributed by atoms with van der Waals surface area (Å²) in [5.41, 5.74) is -0.234. The molecule has 0 heterocycles. The molecule has 0 bridgehead atoms. The van der Waals surface area contributed by atoms with E-state index < -0.39 is 5.67 Å². The average molecular weight is 212 g/mol. The van der Waals surface area contributed by atoms with Crippen LogP contribution < -0.4 is 0 Å². The van der Waals surface area contributed by atoms with Gasteiger partial charge in [0.15, 0.2) is 0 Å². The van der Waals surface area contributed by atoms with Gasteiger partial charge in [-0.05, 0) is 31.8 Å². The van der Waals surface area contributed by atoms with Gasteiger partial charge in [0, 0.05) is 0 Å². The summed E-state index contributed by atoms with van der Waals surface area (Å²) in [7, 11) is 0. The second kappa shape index (κ2) is 7.67. The Labute approximate surface area is 94.3 Å². The van der Waals surface area contributed by atoms with Gasteiger partial charge in [-0.15, -0.1) is 0 Å². The van der Waals surface area contributed by atoms with Crippen molar-refractivity contribution in [3.63, 3.8) is 0 Å². The summed E-state index contributed by atoms with van der Waals surface area (Å²) >= 11 is 0. The van der Waals surface area contributed by atoms with Crippen LogP contribution in [0.4, 0.5) is 4.39 Å². The van der Waals surface area contributed by atoms with Crippen LogP contribution in [-0.2, 0) is 0 Å². The second-order valence-electron chi connectivity index (χ2n) is 4.03. The van der Waals surface area contributed by atoms with Crippen molar-refractivity contribution >= 4 is 0 Å². The minimum absolute atomic E-state index is 0.636. The van der Waals surface area contributed by atoms with Gasteiger partial charge in [0.2, 0.25) is 0 Å². The standard InChI is InChI=1S/C14H25F/c1-5-9-13(10-6-2)14(15,11-7-3)12-8-4/h5,9-10H,6-8,11-12H2,1-4H3. The molecular weight excluding hydrogens is 187 g/mol. The van der Waals surface area contributed by atoms with E-state index in [9.17, 15) is 4.39 Å². The highest BCUT2D eigenvalue weighted by molar-refractivity contribution is 5.28. The Hall–Kier alpha value is -0.590. The Morgan fingerprint density at radius 2 is 1.67 bits per heavy atom. The van der Waals surface area contributed by atoms with E-state index in [0.29, 0.717) is 12.8 Å².